The van der Waals surface area contributed by atoms with Gasteiger partial charge in [0.1, 0.15) is 24.1 Å². The summed E-state index contributed by atoms with van der Waals surface area (Å²) in [4.78, 5) is 55.2. The highest BCUT2D eigenvalue weighted by Gasteiger charge is 2.43. The highest BCUT2D eigenvalue weighted by Crippen LogP contribution is 2.64. The van der Waals surface area contributed by atoms with E-state index < -0.39 is 60.3 Å². The van der Waals surface area contributed by atoms with Gasteiger partial charge in [-0.2, -0.15) is 13.6 Å². The molecule has 0 aromatic carbocycles. The largest absolute Gasteiger partial charge is 0.490 e. The third-order valence-corrected chi connectivity index (χ3v) is 6.41. The third-order valence-electron chi connectivity index (χ3n) is 3.06. The molecule has 2 rings (SSSR count). The van der Waals surface area contributed by atoms with Crippen LogP contribution in [0.4, 0.5) is 5.82 Å². The number of hydrogen-bond donors (Lipinski definition) is 9. The van der Waals surface area contributed by atoms with E-state index in [1.54, 1.807) is 0 Å². The van der Waals surface area contributed by atoms with Crippen molar-refractivity contribution in [3.05, 3.63) is 22.7 Å². The Morgan fingerprint density at radius 3 is 1.93 bits per heavy atom. The number of anilines is 1. The summed E-state index contributed by atoms with van der Waals surface area (Å²) >= 11 is 0. The summed E-state index contributed by atoms with van der Waals surface area (Å²) in [6, 6.07) is 1.37. The van der Waals surface area contributed by atoms with Gasteiger partial charge in [-0.3, -0.25) is 4.57 Å². The SMILES string of the molecule is Nc1ccn(C2O[C@H](CO)[C@@H](O)[C@@H]2O)c(=O)n1.O=P(O)(O)OP(=O)(O)OP(=O)(O)O. The Bertz CT molecular complexity index is 897. The molecule has 21 heteroatoms. The predicted molar refractivity (Wildman–Crippen MR) is 92.0 cm³/mol. The number of aliphatic hydroxyl groups is 3. The summed E-state index contributed by atoms with van der Waals surface area (Å²) < 4.78 is 42.6. The molecule has 1 unspecified atom stereocenters. The van der Waals surface area contributed by atoms with Gasteiger partial charge < -0.3 is 50.3 Å². The second-order valence-corrected chi connectivity index (χ2v) is 9.59. The Kier molecular flexibility index (Phi) is 9.02. The molecule has 0 aliphatic carbocycles. The number of nitrogen functional groups attached to an aromatic ring is 1. The summed E-state index contributed by atoms with van der Waals surface area (Å²) in [5.74, 6) is 0.0537. The first kappa shape index (κ1) is 27.0. The Morgan fingerprint density at radius 1 is 1.07 bits per heavy atom. The Hall–Kier alpha value is -1.07. The molecule has 1 fully saturated rings. The van der Waals surface area contributed by atoms with Crippen molar-refractivity contribution in [1.29, 1.82) is 0 Å². The summed E-state index contributed by atoms with van der Waals surface area (Å²) in [7, 11) is -16.2. The van der Waals surface area contributed by atoms with E-state index in [9.17, 15) is 28.7 Å². The molecule has 1 aromatic rings. The lowest BCUT2D eigenvalue weighted by atomic mass is 10.1. The summed E-state index contributed by atoms with van der Waals surface area (Å²) in [6.07, 6.45) is -3.27. The van der Waals surface area contributed by atoms with Crippen LogP contribution in [0.5, 0.6) is 0 Å². The number of rotatable bonds is 6. The minimum atomic E-state index is -5.46. The van der Waals surface area contributed by atoms with E-state index in [1.807, 2.05) is 0 Å². The minimum Gasteiger partial charge on any atom is -0.394 e. The van der Waals surface area contributed by atoms with Gasteiger partial charge in [-0.05, 0) is 6.07 Å². The quantitative estimate of drug-likeness (QED) is 0.173. The molecule has 0 bridgehead atoms. The van der Waals surface area contributed by atoms with Gasteiger partial charge in [0.05, 0.1) is 6.61 Å². The number of aliphatic hydroxyl groups excluding tert-OH is 3. The van der Waals surface area contributed by atoms with E-state index in [2.05, 4.69) is 13.6 Å². The van der Waals surface area contributed by atoms with Gasteiger partial charge in [-0.1, -0.05) is 0 Å². The van der Waals surface area contributed by atoms with E-state index in [1.165, 1.54) is 12.3 Å². The number of nitrogens with two attached hydrogens (primary N) is 1. The second-order valence-electron chi connectivity index (χ2n) is 5.38. The normalized spacial score (nSPS) is 24.9. The van der Waals surface area contributed by atoms with E-state index >= 15 is 0 Å². The second kappa shape index (κ2) is 10.0. The molecule has 1 saturated heterocycles. The lowest BCUT2D eigenvalue weighted by molar-refractivity contribution is -0.0549. The van der Waals surface area contributed by atoms with Crippen LogP contribution in [-0.4, -0.2) is 74.3 Å². The van der Waals surface area contributed by atoms with Crippen molar-refractivity contribution in [2.45, 2.75) is 24.5 Å². The topological polar surface area (TPSA) is 302 Å². The monoisotopic (exact) mass is 501 g/mol. The molecule has 2 heterocycles. The molecular formula is C9H18N3O15P3. The number of aromatic nitrogens is 2. The van der Waals surface area contributed by atoms with Crippen molar-refractivity contribution in [3.8, 4) is 0 Å². The zero-order valence-electron chi connectivity index (χ0n) is 14.4. The molecule has 18 nitrogen and oxygen atoms in total. The van der Waals surface area contributed by atoms with Crippen molar-refractivity contribution in [3.63, 3.8) is 0 Å². The van der Waals surface area contributed by atoms with E-state index in [4.69, 9.17) is 40.0 Å². The van der Waals surface area contributed by atoms with Crippen LogP contribution < -0.4 is 11.4 Å². The zero-order valence-corrected chi connectivity index (χ0v) is 17.1. The van der Waals surface area contributed by atoms with Gasteiger partial charge in [0.15, 0.2) is 6.23 Å². The molecule has 4 atom stereocenters. The zero-order chi connectivity index (χ0) is 23.5. The van der Waals surface area contributed by atoms with Crippen molar-refractivity contribution >= 4 is 29.3 Å². The number of ether oxygens (including phenoxy) is 1. The highest BCUT2D eigenvalue weighted by atomic mass is 31.3. The maximum Gasteiger partial charge on any atom is 0.490 e. The van der Waals surface area contributed by atoms with Crippen LogP contribution in [-0.2, 0) is 27.1 Å². The molecule has 1 aliphatic heterocycles. The predicted octanol–water partition coefficient (Wildman–Crippen LogP) is -3.26. The lowest BCUT2D eigenvalue weighted by Gasteiger charge is -2.16. The average molecular weight is 501 g/mol. The van der Waals surface area contributed by atoms with Crippen molar-refractivity contribution < 1.29 is 66.8 Å². The fraction of sp³-hybridized carbons (Fsp3) is 0.556. The maximum absolute atomic E-state index is 11.5. The van der Waals surface area contributed by atoms with Gasteiger partial charge in [-0.25, -0.2) is 18.5 Å². The first-order valence-corrected chi connectivity index (χ1v) is 11.8. The Labute approximate surface area is 166 Å². The Balaban J connectivity index is 0.000000314. The van der Waals surface area contributed by atoms with Crippen molar-refractivity contribution in [2.24, 2.45) is 0 Å². The highest BCUT2D eigenvalue weighted by molar-refractivity contribution is 7.66. The Morgan fingerprint density at radius 2 is 1.57 bits per heavy atom. The van der Waals surface area contributed by atoms with Gasteiger partial charge in [0.2, 0.25) is 0 Å². The number of hydrogen-bond acceptors (Lipinski definition) is 12. The third kappa shape index (κ3) is 8.58. The first-order chi connectivity index (χ1) is 13.5. The number of phosphoric acid groups is 3. The molecule has 0 radical (unpaired) electrons. The van der Waals surface area contributed by atoms with Gasteiger partial charge >= 0.3 is 29.2 Å². The van der Waals surface area contributed by atoms with Crippen LogP contribution in [0.25, 0.3) is 0 Å². The van der Waals surface area contributed by atoms with E-state index in [-0.39, 0.29) is 5.82 Å². The summed E-state index contributed by atoms with van der Waals surface area (Å²) in [5, 5.41) is 28.2. The van der Waals surface area contributed by atoms with Crippen LogP contribution in [0.15, 0.2) is 17.1 Å². The molecule has 174 valence electrons. The van der Waals surface area contributed by atoms with E-state index in [0.717, 1.165) is 4.57 Å². The standard InChI is InChI=1S/C9H13N3O5.H5O10P3/c10-5-1-2-12(9(16)11-5)8-7(15)6(14)4(3-13)17-8;1-11(2,3)9-13(7,8)10-12(4,5)6/h1-2,4,6-8,13-15H,3H2,(H2,10,11,16);(H,7,8)(H2,1,2,3)(H2,4,5,6)/t4-,6-,7+,8?;/m1./s1. The van der Waals surface area contributed by atoms with Crippen LogP contribution in [0.2, 0.25) is 0 Å². The summed E-state index contributed by atoms with van der Waals surface area (Å²) in [6.45, 7) is -0.453. The molecule has 0 saturated carbocycles. The van der Waals surface area contributed by atoms with Crippen molar-refractivity contribution in [1.82, 2.24) is 9.55 Å². The average Bonchev–Trinajstić information content (AvgIpc) is 2.79. The first-order valence-electron chi connectivity index (χ1n) is 7.29. The smallest absolute Gasteiger partial charge is 0.394 e. The summed E-state index contributed by atoms with van der Waals surface area (Å²) in [5.41, 5.74) is 4.63. The van der Waals surface area contributed by atoms with Crippen LogP contribution in [0.1, 0.15) is 6.23 Å². The van der Waals surface area contributed by atoms with Crippen molar-refractivity contribution in [2.75, 3.05) is 12.3 Å². The number of nitrogens with zero attached hydrogens (tertiary/aromatic N) is 2. The fourth-order valence-corrected chi connectivity index (χ4v) is 4.55. The van der Waals surface area contributed by atoms with Gasteiger partial charge in [-0.15, -0.1) is 0 Å². The van der Waals surface area contributed by atoms with Crippen LogP contribution in [0, 0.1) is 0 Å². The molecule has 30 heavy (non-hydrogen) atoms. The van der Waals surface area contributed by atoms with Gasteiger partial charge in [0.25, 0.3) is 0 Å². The van der Waals surface area contributed by atoms with E-state index in [0.29, 0.717) is 0 Å². The molecule has 0 amide bonds. The fourth-order valence-electron chi connectivity index (χ4n) is 2.01. The van der Waals surface area contributed by atoms with Crippen LogP contribution in [0.3, 0.4) is 0 Å². The minimum absolute atomic E-state index is 0.0537. The molecule has 1 aromatic heterocycles. The molecular weight excluding hydrogens is 483 g/mol. The molecule has 10 N–H and O–H groups in total. The van der Waals surface area contributed by atoms with Gasteiger partial charge in [0, 0.05) is 6.20 Å². The lowest BCUT2D eigenvalue weighted by Crippen LogP contribution is -2.36. The molecule has 0 spiro atoms. The van der Waals surface area contributed by atoms with Crippen LogP contribution >= 0.6 is 23.5 Å². The molecule has 1 aliphatic rings. The maximum atomic E-state index is 11.5.